The Morgan fingerprint density at radius 3 is 2.85 bits per heavy atom. The Bertz CT molecular complexity index is 488. The number of hydrogen-bond donors (Lipinski definition) is 2. The van der Waals surface area contributed by atoms with Gasteiger partial charge >= 0.3 is 0 Å². The molecule has 1 aromatic rings. The molecule has 1 aliphatic rings. The second-order valence-electron chi connectivity index (χ2n) is 5.56. The Morgan fingerprint density at radius 1 is 1.55 bits per heavy atom. The van der Waals surface area contributed by atoms with Crippen LogP contribution in [0, 0.1) is 12.8 Å². The highest BCUT2D eigenvalue weighted by Crippen LogP contribution is 2.34. The lowest BCUT2D eigenvalue weighted by Gasteiger charge is -2.26. The molecule has 0 aromatic heterocycles. The molecule has 0 aliphatic heterocycles. The fourth-order valence-corrected chi connectivity index (χ4v) is 2.65. The molecule has 0 spiro atoms. The first kappa shape index (κ1) is 15.3. The number of nitrogens with zero attached hydrogens (tertiary/aromatic N) is 1. The summed E-state index contributed by atoms with van der Waals surface area (Å²) in [5.74, 6) is 0.627. The predicted molar refractivity (Wildman–Crippen MR) is 83.0 cm³/mol. The molecule has 1 saturated carbocycles. The van der Waals surface area contributed by atoms with Crippen molar-refractivity contribution in [2.75, 3.05) is 25.5 Å². The summed E-state index contributed by atoms with van der Waals surface area (Å²) in [4.78, 5) is 14.2. The molecular formula is C15H22ClN3O. The standard InChI is InChI=1S/C15H22ClN3O/c1-10-3-6-12(16)7-13(10)18-15(20)9-19(2)14(8-17)11-4-5-11/h3,6-7,11,14H,4-5,8-9,17H2,1-2H3,(H,18,20). The number of hydrogen-bond acceptors (Lipinski definition) is 3. The van der Waals surface area contributed by atoms with Crippen molar-refractivity contribution in [2.24, 2.45) is 11.7 Å². The van der Waals surface area contributed by atoms with Crippen LogP contribution in [0.1, 0.15) is 18.4 Å². The Balaban J connectivity index is 1.93. The van der Waals surface area contributed by atoms with Crippen molar-refractivity contribution in [3.8, 4) is 0 Å². The number of nitrogens with one attached hydrogen (secondary N) is 1. The molecule has 1 amide bonds. The molecule has 3 N–H and O–H groups in total. The van der Waals surface area contributed by atoms with E-state index in [2.05, 4.69) is 5.32 Å². The molecule has 1 fully saturated rings. The first-order valence-corrected chi connectivity index (χ1v) is 7.35. The summed E-state index contributed by atoms with van der Waals surface area (Å²) in [7, 11) is 1.96. The number of benzene rings is 1. The molecule has 0 saturated heterocycles. The van der Waals surface area contributed by atoms with E-state index in [0.29, 0.717) is 30.1 Å². The number of likely N-dealkylation sites (N-methyl/N-ethyl adjacent to an activating group) is 1. The minimum Gasteiger partial charge on any atom is -0.329 e. The molecular weight excluding hydrogens is 274 g/mol. The minimum atomic E-state index is -0.0306. The van der Waals surface area contributed by atoms with E-state index in [1.807, 2.05) is 31.0 Å². The van der Waals surface area contributed by atoms with Crippen LogP contribution in [-0.4, -0.2) is 37.0 Å². The van der Waals surface area contributed by atoms with Crippen LogP contribution in [-0.2, 0) is 4.79 Å². The second kappa shape index (κ2) is 6.57. The molecule has 1 atom stereocenters. The molecule has 110 valence electrons. The van der Waals surface area contributed by atoms with Gasteiger partial charge in [-0.3, -0.25) is 9.69 Å². The molecule has 1 unspecified atom stereocenters. The molecule has 0 bridgehead atoms. The van der Waals surface area contributed by atoms with E-state index in [1.165, 1.54) is 12.8 Å². The molecule has 5 heteroatoms. The van der Waals surface area contributed by atoms with E-state index in [1.54, 1.807) is 6.07 Å². The fourth-order valence-electron chi connectivity index (χ4n) is 2.48. The van der Waals surface area contributed by atoms with Gasteiger partial charge in [0.1, 0.15) is 0 Å². The van der Waals surface area contributed by atoms with Gasteiger partial charge in [0, 0.05) is 23.3 Å². The maximum atomic E-state index is 12.1. The van der Waals surface area contributed by atoms with E-state index in [4.69, 9.17) is 17.3 Å². The molecule has 2 rings (SSSR count). The van der Waals surface area contributed by atoms with Gasteiger partial charge in [0.25, 0.3) is 0 Å². The van der Waals surface area contributed by atoms with E-state index in [0.717, 1.165) is 11.3 Å². The highest BCUT2D eigenvalue weighted by atomic mass is 35.5. The van der Waals surface area contributed by atoms with Crippen molar-refractivity contribution >= 4 is 23.2 Å². The maximum Gasteiger partial charge on any atom is 0.238 e. The van der Waals surface area contributed by atoms with Gasteiger partial charge in [0.15, 0.2) is 0 Å². The second-order valence-corrected chi connectivity index (χ2v) is 6.00. The normalized spacial score (nSPS) is 16.2. The highest BCUT2D eigenvalue weighted by molar-refractivity contribution is 6.31. The fraction of sp³-hybridized carbons (Fsp3) is 0.533. The van der Waals surface area contributed by atoms with Crippen molar-refractivity contribution in [3.05, 3.63) is 28.8 Å². The lowest BCUT2D eigenvalue weighted by atomic mass is 10.1. The smallest absolute Gasteiger partial charge is 0.238 e. The average Bonchev–Trinajstić information content (AvgIpc) is 3.19. The summed E-state index contributed by atoms with van der Waals surface area (Å²) in [6.45, 7) is 2.90. The Hall–Kier alpha value is -1.10. The Kier molecular flexibility index (Phi) is 5.02. The number of halogens is 1. The topological polar surface area (TPSA) is 58.4 Å². The molecule has 0 heterocycles. The first-order chi connectivity index (χ1) is 9.51. The summed E-state index contributed by atoms with van der Waals surface area (Å²) in [6, 6.07) is 5.79. The number of anilines is 1. The SMILES string of the molecule is Cc1ccc(Cl)cc1NC(=O)CN(C)C(CN)C1CC1. The number of rotatable bonds is 6. The van der Waals surface area contributed by atoms with Crippen molar-refractivity contribution in [2.45, 2.75) is 25.8 Å². The Labute approximate surface area is 125 Å². The lowest BCUT2D eigenvalue weighted by Crippen LogP contribution is -2.43. The molecule has 1 aromatic carbocycles. The third kappa shape index (κ3) is 3.95. The third-order valence-corrected chi connectivity index (χ3v) is 4.08. The van der Waals surface area contributed by atoms with Crippen LogP contribution in [0.4, 0.5) is 5.69 Å². The maximum absolute atomic E-state index is 12.1. The summed E-state index contributed by atoms with van der Waals surface area (Å²) in [5.41, 5.74) is 7.57. The van der Waals surface area contributed by atoms with Gasteiger partial charge in [-0.05, 0) is 50.4 Å². The van der Waals surface area contributed by atoms with E-state index in [9.17, 15) is 4.79 Å². The number of nitrogens with two attached hydrogens (primary N) is 1. The van der Waals surface area contributed by atoms with Crippen LogP contribution in [0.5, 0.6) is 0 Å². The van der Waals surface area contributed by atoms with Crippen molar-refractivity contribution in [1.29, 1.82) is 0 Å². The summed E-state index contributed by atoms with van der Waals surface area (Å²) in [6.07, 6.45) is 2.45. The monoisotopic (exact) mass is 295 g/mol. The Morgan fingerprint density at radius 2 is 2.25 bits per heavy atom. The minimum absolute atomic E-state index is 0.0306. The van der Waals surface area contributed by atoms with Crippen LogP contribution in [0.2, 0.25) is 5.02 Å². The van der Waals surface area contributed by atoms with Gasteiger partial charge in [0.05, 0.1) is 6.54 Å². The van der Waals surface area contributed by atoms with Crippen molar-refractivity contribution < 1.29 is 4.79 Å². The molecule has 0 radical (unpaired) electrons. The number of carbonyl (C=O) groups excluding carboxylic acids is 1. The van der Waals surface area contributed by atoms with E-state index < -0.39 is 0 Å². The predicted octanol–water partition coefficient (Wildman–Crippen LogP) is 2.26. The van der Waals surface area contributed by atoms with Crippen LogP contribution >= 0.6 is 11.6 Å². The van der Waals surface area contributed by atoms with Crippen LogP contribution in [0.3, 0.4) is 0 Å². The third-order valence-electron chi connectivity index (χ3n) is 3.84. The molecule has 4 nitrogen and oxygen atoms in total. The van der Waals surface area contributed by atoms with Gasteiger partial charge in [-0.15, -0.1) is 0 Å². The highest BCUT2D eigenvalue weighted by Gasteiger charge is 2.33. The quantitative estimate of drug-likeness (QED) is 0.846. The van der Waals surface area contributed by atoms with Gasteiger partial charge in [-0.1, -0.05) is 17.7 Å². The van der Waals surface area contributed by atoms with Gasteiger partial charge in [0.2, 0.25) is 5.91 Å². The zero-order chi connectivity index (χ0) is 14.7. The first-order valence-electron chi connectivity index (χ1n) is 6.97. The largest absolute Gasteiger partial charge is 0.329 e. The summed E-state index contributed by atoms with van der Waals surface area (Å²) < 4.78 is 0. The zero-order valence-corrected chi connectivity index (χ0v) is 12.8. The number of carbonyl (C=O) groups is 1. The van der Waals surface area contributed by atoms with Crippen molar-refractivity contribution in [3.63, 3.8) is 0 Å². The van der Waals surface area contributed by atoms with Gasteiger partial charge in [-0.2, -0.15) is 0 Å². The molecule has 20 heavy (non-hydrogen) atoms. The van der Waals surface area contributed by atoms with Gasteiger partial charge in [-0.25, -0.2) is 0 Å². The summed E-state index contributed by atoms with van der Waals surface area (Å²) >= 11 is 5.95. The number of amides is 1. The average molecular weight is 296 g/mol. The van der Waals surface area contributed by atoms with E-state index >= 15 is 0 Å². The van der Waals surface area contributed by atoms with Crippen LogP contribution in [0.25, 0.3) is 0 Å². The lowest BCUT2D eigenvalue weighted by molar-refractivity contribution is -0.117. The van der Waals surface area contributed by atoms with Gasteiger partial charge < -0.3 is 11.1 Å². The number of aryl methyl sites for hydroxylation is 1. The zero-order valence-electron chi connectivity index (χ0n) is 12.0. The van der Waals surface area contributed by atoms with Crippen LogP contribution in [0.15, 0.2) is 18.2 Å². The van der Waals surface area contributed by atoms with Crippen molar-refractivity contribution in [1.82, 2.24) is 4.90 Å². The summed E-state index contributed by atoms with van der Waals surface area (Å²) in [5, 5.41) is 3.54. The van der Waals surface area contributed by atoms with Crippen LogP contribution < -0.4 is 11.1 Å². The van der Waals surface area contributed by atoms with E-state index in [-0.39, 0.29) is 5.91 Å². The molecule has 1 aliphatic carbocycles.